The molecule has 2 aromatic heterocycles. The van der Waals surface area contributed by atoms with Crippen molar-refractivity contribution in [1.82, 2.24) is 20.1 Å². The van der Waals surface area contributed by atoms with E-state index in [0.29, 0.717) is 19.0 Å². The van der Waals surface area contributed by atoms with Crippen molar-refractivity contribution in [2.24, 2.45) is 0 Å². The maximum absolute atomic E-state index is 12.7. The van der Waals surface area contributed by atoms with Crippen LogP contribution in [0.4, 0.5) is 0 Å². The molecule has 0 bridgehead atoms. The van der Waals surface area contributed by atoms with Crippen molar-refractivity contribution in [3.63, 3.8) is 0 Å². The zero-order chi connectivity index (χ0) is 14.8. The highest BCUT2D eigenvalue weighted by Gasteiger charge is 2.32. The molecule has 3 rings (SSSR count). The predicted molar refractivity (Wildman–Crippen MR) is 79.6 cm³/mol. The molecule has 0 aliphatic heterocycles. The van der Waals surface area contributed by atoms with Gasteiger partial charge in [-0.2, -0.15) is 5.10 Å². The SMILES string of the molecule is Cc1n[nH]c(C)c1CC(=O)N(Cc1cccnc1)C1CC1. The van der Waals surface area contributed by atoms with E-state index in [-0.39, 0.29) is 5.91 Å². The molecule has 110 valence electrons. The maximum Gasteiger partial charge on any atom is 0.227 e. The quantitative estimate of drug-likeness (QED) is 0.915. The molecule has 2 heterocycles. The van der Waals surface area contributed by atoms with E-state index in [1.807, 2.05) is 37.1 Å². The third-order valence-electron chi connectivity index (χ3n) is 3.99. The molecule has 5 heteroatoms. The molecule has 2 aromatic rings. The third kappa shape index (κ3) is 3.12. The Morgan fingerprint density at radius 3 is 2.81 bits per heavy atom. The molecule has 1 aliphatic rings. The van der Waals surface area contributed by atoms with Crippen LogP contribution in [0.25, 0.3) is 0 Å². The Hall–Kier alpha value is -2.17. The van der Waals surface area contributed by atoms with Crippen LogP contribution < -0.4 is 0 Å². The number of nitrogens with one attached hydrogen (secondary N) is 1. The molecule has 0 spiro atoms. The number of aromatic amines is 1. The molecule has 1 amide bonds. The lowest BCUT2D eigenvalue weighted by molar-refractivity contribution is -0.131. The highest BCUT2D eigenvalue weighted by molar-refractivity contribution is 5.80. The molecule has 1 aliphatic carbocycles. The summed E-state index contributed by atoms with van der Waals surface area (Å²) in [6, 6.07) is 4.32. The maximum atomic E-state index is 12.7. The number of aryl methyl sites for hydroxylation is 2. The first-order chi connectivity index (χ1) is 10.1. The molecule has 1 saturated carbocycles. The van der Waals surface area contributed by atoms with Crippen LogP contribution in [0.15, 0.2) is 24.5 Å². The molecular formula is C16H20N4O. The fourth-order valence-corrected chi connectivity index (χ4v) is 2.58. The summed E-state index contributed by atoms with van der Waals surface area (Å²) in [6.07, 6.45) is 6.22. The van der Waals surface area contributed by atoms with E-state index >= 15 is 0 Å². The number of pyridine rings is 1. The Morgan fingerprint density at radius 1 is 1.43 bits per heavy atom. The van der Waals surface area contributed by atoms with E-state index < -0.39 is 0 Å². The normalized spacial score (nSPS) is 14.2. The van der Waals surface area contributed by atoms with Gasteiger partial charge in [-0.25, -0.2) is 0 Å². The van der Waals surface area contributed by atoms with Crippen LogP contribution >= 0.6 is 0 Å². The number of hydrogen-bond acceptors (Lipinski definition) is 3. The Morgan fingerprint density at radius 2 is 2.24 bits per heavy atom. The van der Waals surface area contributed by atoms with Gasteiger partial charge in [0.2, 0.25) is 5.91 Å². The molecule has 21 heavy (non-hydrogen) atoms. The topological polar surface area (TPSA) is 61.9 Å². The molecule has 1 fully saturated rings. The van der Waals surface area contributed by atoms with Gasteiger partial charge in [0.15, 0.2) is 0 Å². The van der Waals surface area contributed by atoms with E-state index in [9.17, 15) is 4.79 Å². The van der Waals surface area contributed by atoms with Gasteiger partial charge in [0.1, 0.15) is 0 Å². The minimum Gasteiger partial charge on any atom is -0.335 e. The zero-order valence-electron chi connectivity index (χ0n) is 12.5. The summed E-state index contributed by atoms with van der Waals surface area (Å²) in [5.41, 5.74) is 4.01. The Bertz CT molecular complexity index is 611. The van der Waals surface area contributed by atoms with Gasteiger partial charge in [-0.3, -0.25) is 14.9 Å². The van der Waals surface area contributed by atoms with E-state index in [2.05, 4.69) is 15.2 Å². The van der Waals surface area contributed by atoms with Crippen molar-refractivity contribution in [2.45, 2.75) is 45.7 Å². The lowest BCUT2D eigenvalue weighted by Gasteiger charge is -2.22. The molecule has 0 aromatic carbocycles. The fourth-order valence-electron chi connectivity index (χ4n) is 2.58. The predicted octanol–water partition coefficient (Wildman–Crippen LogP) is 2.16. The van der Waals surface area contributed by atoms with Crippen LogP contribution in [0.2, 0.25) is 0 Å². The number of H-pyrrole nitrogens is 1. The van der Waals surface area contributed by atoms with Gasteiger partial charge in [0.25, 0.3) is 0 Å². The van der Waals surface area contributed by atoms with Gasteiger partial charge in [0.05, 0.1) is 12.1 Å². The van der Waals surface area contributed by atoms with Crippen LogP contribution in [0.1, 0.15) is 35.4 Å². The second-order valence-electron chi connectivity index (χ2n) is 5.70. The summed E-state index contributed by atoms with van der Waals surface area (Å²) in [4.78, 5) is 18.8. The van der Waals surface area contributed by atoms with E-state index in [1.165, 1.54) is 0 Å². The lowest BCUT2D eigenvalue weighted by atomic mass is 10.1. The summed E-state index contributed by atoms with van der Waals surface area (Å²) >= 11 is 0. The molecular weight excluding hydrogens is 264 g/mol. The van der Waals surface area contributed by atoms with Gasteiger partial charge in [-0.05, 0) is 38.3 Å². The number of carbonyl (C=O) groups excluding carboxylic acids is 1. The average Bonchev–Trinajstić information content (AvgIpc) is 3.28. The monoisotopic (exact) mass is 284 g/mol. The largest absolute Gasteiger partial charge is 0.335 e. The summed E-state index contributed by atoms with van der Waals surface area (Å²) in [5.74, 6) is 0.175. The zero-order valence-corrected chi connectivity index (χ0v) is 12.5. The fraction of sp³-hybridized carbons (Fsp3) is 0.438. The molecule has 0 unspecified atom stereocenters. The van der Waals surface area contributed by atoms with Crippen molar-refractivity contribution in [2.75, 3.05) is 0 Å². The van der Waals surface area contributed by atoms with E-state index in [0.717, 1.165) is 35.4 Å². The first-order valence-electron chi connectivity index (χ1n) is 7.34. The van der Waals surface area contributed by atoms with Crippen molar-refractivity contribution < 1.29 is 4.79 Å². The number of aromatic nitrogens is 3. The van der Waals surface area contributed by atoms with Crippen LogP contribution in [-0.2, 0) is 17.8 Å². The van der Waals surface area contributed by atoms with Gasteiger partial charge in [-0.1, -0.05) is 6.07 Å². The molecule has 5 nitrogen and oxygen atoms in total. The number of nitrogens with zero attached hydrogens (tertiary/aromatic N) is 3. The highest BCUT2D eigenvalue weighted by Crippen LogP contribution is 2.29. The smallest absolute Gasteiger partial charge is 0.227 e. The standard InChI is InChI=1S/C16H20N4O/c1-11-15(12(2)19-18-11)8-16(21)20(14-5-6-14)10-13-4-3-7-17-9-13/h3-4,7,9,14H,5-6,8,10H2,1-2H3,(H,18,19). The Balaban J connectivity index is 1.73. The van der Waals surface area contributed by atoms with Crippen molar-refractivity contribution >= 4 is 5.91 Å². The molecule has 1 N–H and O–H groups in total. The second-order valence-corrected chi connectivity index (χ2v) is 5.70. The number of hydrogen-bond donors (Lipinski definition) is 1. The number of amides is 1. The average molecular weight is 284 g/mol. The Labute approximate surface area is 124 Å². The van der Waals surface area contributed by atoms with E-state index in [1.54, 1.807) is 6.20 Å². The van der Waals surface area contributed by atoms with Crippen LogP contribution in [0.5, 0.6) is 0 Å². The summed E-state index contributed by atoms with van der Waals surface area (Å²) in [5, 5.41) is 7.11. The minimum absolute atomic E-state index is 0.175. The minimum atomic E-state index is 0.175. The van der Waals surface area contributed by atoms with Gasteiger partial charge >= 0.3 is 0 Å². The lowest BCUT2D eigenvalue weighted by Crippen LogP contribution is -2.34. The van der Waals surface area contributed by atoms with Crippen molar-refractivity contribution in [3.8, 4) is 0 Å². The molecule has 0 saturated heterocycles. The summed E-state index contributed by atoms with van der Waals surface area (Å²) < 4.78 is 0. The van der Waals surface area contributed by atoms with Gasteiger partial charge < -0.3 is 4.90 Å². The highest BCUT2D eigenvalue weighted by atomic mass is 16.2. The van der Waals surface area contributed by atoms with Gasteiger partial charge in [-0.15, -0.1) is 0 Å². The van der Waals surface area contributed by atoms with Crippen molar-refractivity contribution in [3.05, 3.63) is 47.0 Å². The number of carbonyl (C=O) groups is 1. The Kier molecular flexibility index (Phi) is 3.73. The van der Waals surface area contributed by atoms with E-state index in [4.69, 9.17) is 0 Å². The summed E-state index contributed by atoms with van der Waals surface area (Å²) in [6.45, 7) is 4.55. The van der Waals surface area contributed by atoms with Gasteiger partial charge in [0, 0.05) is 36.2 Å². The number of rotatable bonds is 5. The first-order valence-corrected chi connectivity index (χ1v) is 7.34. The van der Waals surface area contributed by atoms with Crippen LogP contribution in [0, 0.1) is 13.8 Å². The van der Waals surface area contributed by atoms with Crippen LogP contribution in [0.3, 0.4) is 0 Å². The second kappa shape index (κ2) is 5.68. The summed E-state index contributed by atoms with van der Waals surface area (Å²) in [7, 11) is 0. The molecule has 0 atom stereocenters. The van der Waals surface area contributed by atoms with Crippen LogP contribution in [-0.4, -0.2) is 32.0 Å². The molecule has 0 radical (unpaired) electrons. The third-order valence-corrected chi connectivity index (χ3v) is 3.99. The first kappa shape index (κ1) is 13.8. The van der Waals surface area contributed by atoms with Crippen molar-refractivity contribution in [1.29, 1.82) is 0 Å².